The summed E-state index contributed by atoms with van der Waals surface area (Å²) in [7, 11) is 3.93. The minimum absolute atomic E-state index is 0.191. The third-order valence-electron chi connectivity index (χ3n) is 7.91. The van der Waals surface area contributed by atoms with Gasteiger partial charge in [-0.05, 0) is 51.3 Å². The predicted molar refractivity (Wildman–Crippen MR) is 142 cm³/mol. The van der Waals surface area contributed by atoms with Crippen LogP contribution in [0.1, 0.15) is 85.5 Å². The number of hydrogen-bond donors (Lipinski definition) is 2. The van der Waals surface area contributed by atoms with Crippen LogP contribution in [0.2, 0.25) is 0 Å². The van der Waals surface area contributed by atoms with Crippen molar-refractivity contribution in [3.63, 3.8) is 0 Å². The first kappa shape index (κ1) is 27.3. The van der Waals surface area contributed by atoms with E-state index in [9.17, 15) is 9.59 Å². The highest BCUT2D eigenvalue weighted by molar-refractivity contribution is 5.93. The number of benzene rings is 1. The Morgan fingerprint density at radius 1 is 1.14 bits per heavy atom. The van der Waals surface area contributed by atoms with Gasteiger partial charge in [-0.2, -0.15) is 0 Å². The molecule has 0 radical (unpaired) electrons. The second-order valence-corrected chi connectivity index (χ2v) is 11.1. The van der Waals surface area contributed by atoms with Gasteiger partial charge in [-0.25, -0.2) is 10.5 Å². The lowest BCUT2D eigenvalue weighted by Crippen LogP contribution is -2.32. The molecule has 2 N–H and O–H groups in total. The highest BCUT2D eigenvalue weighted by Crippen LogP contribution is 2.59. The summed E-state index contributed by atoms with van der Waals surface area (Å²) >= 11 is 0. The van der Waals surface area contributed by atoms with E-state index in [1.54, 1.807) is 6.92 Å². The molecule has 0 saturated heterocycles. The van der Waals surface area contributed by atoms with Crippen molar-refractivity contribution in [3.05, 3.63) is 53.2 Å². The number of nitrogens with zero attached hydrogens (tertiary/aromatic N) is 2. The number of aryl methyl sites for hydroxylation is 1. The molecule has 2 aliphatic rings. The third kappa shape index (κ3) is 7.42. The van der Waals surface area contributed by atoms with Crippen LogP contribution in [-0.2, 0) is 21.7 Å². The molecule has 4 rings (SSSR count). The van der Waals surface area contributed by atoms with Crippen molar-refractivity contribution in [2.45, 2.75) is 76.7 Å². The molecule has 8 heteroatoms. The summed E-state index contributed by atoms with van der Waals surface area (Å²) in [6, 6.07) is 9.74. The van der Waals surface area contributed by atoms with E-state index >= 15 is 0 Å². The Balaban J connectivity index is 1.41. The third-order valence-corrected chi connectivity index (χ3v) is 7.91. The molecule has 2 fully saturated rings. The zero-order chi connectivity index (χ0) is 26.3. The van der Waals surface area contributed by atoms with Crippen LogP contribution in [0.4, 0.5) is 0 Å². The lowest BCUT2D eigenvalue weighted by atomic mass is 9.84. The van der Waals surface area contributed by atoms with Gasteiger partial charge < -0.3 is 14.6 Å². The molecule has 2 unspecified atom stereocenters. The quantitative estimate of drug-likeness (QED) is 0.384. The lowest BCUT2D eigenvalue weighted by Gasteiger charge is -2.22. The van der Waals surface area contributed by atoms with Crippen LogP contribution < -0.4 is 10.8 Å². The molecule has 2 aliphatic carbocycles. The maximum atomic E-state index is 13.0. The predicted octanol–water partition coefficient (Wildman–Crippen LogP) is 4.53. The van der Waals surface area contributed by atoms with E-state index in [0.29, 0.717) is 36.4 Å². The van der Waals surface area contributed by atoms with Gasteiger partial charge in [-0.1, -0.05) is 68.9 Å². The molecular formula is C29H42N4O4. The number of hydroxylamine groups is 1. The minimum atomic E-state index is -0.484. The number of carbonyl (C=O) groups excluding carboxylic acids is 2. The molecule has 2 saturated carbocycles. The summed E-state index contributed by atoms with van der Waals surface area (Å²) in [4.78, 5) is 37.9. The van der Waals surface area contributed by atoms with Crippen molar-refractivity contribution in [2.75, 3.05) is 27.2 Å². The number of carbonyl (C=O) groups is 2. The first-order chi connectivity index (χ1) is 17.9. The second-order valence-electron chi connectivity index (χ2n) is 11.1. The van der Waals surface area contributed by atoms with Crippen molar-refractivity contribution in [3.8, 4) is 0 Å². The fourth-order valence-corrected chi connectivity index (χ4v) is 5.62. The molecule has 2 atom stereocenters. The van der Waals surface area contributed by atoms with Crippen molar-refractivity contribution >= 4 is 11.8 Å². The number of aromatic nitrogens is 1. The normalized spacial score (nSPS) is 21.7. The molecule has 1 aromatic heterocycles. The largest absolute Gasteiger partial charge is 0.445 e. The smallest absolute Gasteiger partial charge is 0.273 e. The SMILES string of the molecule is Cc1oc(C2(CC(=O)NOCc3ccccc3)CC2CCC2CCCCC2)nc1C(=O)NCCN(C)C. The Bertz CT molecular complexity index is 1030. The average Bonchev–Trinajstić information content (AvgIpc) is 3.43. The second kappa shape index (κ2) is 12.7. The van der Waals surface area contributed by atoms with Crippen LogP contribution >= 0.6 is 0 Å². The van der Waals surface area contributed by atoms with Crippen LogP contribution in [0.3, 0.4) is 0 Å². The number of amides is 2. The van der Waals surface area contributed by atoms with E-state index in [1.807, 2.05) is 49.3 Å². The van der Waals surface area contributed by atoms with Gasteiger partial charge in [0.1, 0.15) is 5.76 Å². The fraction of sp³-hybridized carbons (Fsp3) is 0.621. The van der Waals surface area contributed by atoms with E-state index in [-0.39, 0.29) is 18.2 Å². The van der Waals surface area contributed by atoms with Gasteiger partial charge in [-0.3, -0.25) is 14.4 Å². The summed E-state index contributed by atoms with van der Waals surface area (Å²) in [5.41, 5.74) is 3.43. The molecular weight excluding hydrogens is 468 g/mol. The number of rotatable bonds is 13. The average molecular weight is 511 g/mol. The zero-order valence-corrected chi connectivity index (χ0v) is 22.6. The van der Waals surface area contributed by atoms with Crippen molar-refractivity contribution in [2.24, 2.45) is 11.8 Å². The zero-order valence-electron chi connectivity index (χ0n) is 22.6. The van der Waals surface area contributed by atoms with Gasteiger partial charge in [0.2, 0.25) is 11.8 Å². The van der Waals surface area contributed by atoms with Crippen molar-refractivity contribution < 1.29 is 18.8 Å². The molecule has 1 heterocycles. The Hall–Kier alpha value is -2.71. The monoisotopic (exact) mass is 510 g/mol. The Labute approximate surface area is 220 Å². The Kier molecular flexibility index (Phi) is 9.38. The molecule has 1 aromatic carbocycles. The van der Waals surface area contributed by atoms with Crippen LogP contribution in [0.25, 0.3) is 0 Å². The summed E-state index contributed by atoms with van der Waals surface area (Å²) in [5.74, 6) is 1.67. The van der Waals surface area contributed by atoms with Crippen molar-refractivity contribution in [1.82, 2.24) is 20.7 Å². The first-order valence-electron chi connectivity index (χ1n) is 13.7. The number of hydrogen-bond acceptors (Lipinski definition) is 6. The van der Waals surface area contributed by atoms with E-state index in [1.165, 1.54) is 38.5 Å². The van der Waals surface area contributed by atoms with Gasteiger partial charge >= 0.3 is 0 Å². The summed E-state index contributed by atoms with van der Waals surface area (Å²) in [6.45, 7) is 3.35. The van der Waals surface area contributed by atoms with E-state index in [4.69, 9.17) is 9.25 Å². The Morgan fingerprint density at radius 2 is 1.89 bits per heavy atom. The summed E-state index contributed by atoms with van der Waals surface area (Å²) < 4.78 is 6.08. The van der Waals surface area contributed by atoms with E-state index in [0.717, 1.165) is 30.9 Å². The van der Waals surface area contributed by atoms with Gasteiger partial charge in [0, 0.05) is 19.5 Å². The van der Waals surface area contributed by atoms with Crippen molar-refractivity contribution in [1.29, 1.82) is 0 Å². The fourth-order valence-electron chi connectivity index (χ4n) is 5.62. The molecule has 2 amide bonds. The standard InChI is InChI=1S/C29H42N4O4/c1-21-26(27(35)30-16-17-33(2)3)31-28(37-21)29(18-24(29)15-14-22-10-6-4-7-11-22)19-25(34)32-36-20-23-12-8-5-9-13-23/h5,8-9,12-13,22,24H,4,6-7,10-11,14-20H2,1-3H3,(H,30,35)(H,32,34). The van der Waals surface area contributed by atoms with Gasteiger partial charge in [0.15, 0.2) is 5.69 Å². The molecule has 0 bridgehead atoms. The van der Waals surface area contributed by atoms with Gasteiger partial charge in [0.25, 0.3) is 5.91 Å². The van der Waals surface area contributed by atoms with Crippen LogP contribution in [0, 0.1) is 18.8 Å². The highest BCUT2D eigenvalue weighted by atomic mass is 16.6. The molecule has 202 valence electrons. The maximum absolute atomic E-state index is 13.0. The molecule has 8 nitrogen and oxygen atoms in total. The lowest BCUT2D eigenvalue weighted by molar-refractivity contribution is -0.135. The highest BCUT2D eigenvalue weighted by Gasteiger charge is 2.59. The first-order valence-corrected chi connectivity index (χ1v) is 13.7. The number of likely N-dealkylation sites (N-methyl/N-ethyl adjacent to an activating group) is 1. The molecule has 0 aliphatic heterocycles. The van der Waals surface area contributed by atoms with Crippen LogP contribution in [0.15, 0.2) is 34.7 Å². The summed E-state index contributed by atoms with van der Waals surface area (Å²) in [5, 5.41) is 2.92. The minimum Gasteiger partial charge on any atom is -0.445 e. The molecule has 37 heavy (non-hydrogen) atoms. The molecule has 2 aromatic rings. The van der Waals surface area contributed by atoms with E-state index < -0.39 is 5.41 Å². The molecule has 0 spiro atoms. The maximum Gasteiger partial charge on any atom is 0.273 e. The van der Waals surface area contributed by atoms with Gasteiger partial charge in [-0.15, -0.1) is 0 Å². The van der Waals surface area contributed by atoms with Crippen LogP contribution in [0.5, 0.6) is 0 Å². The van der Waals surface area contributed by atoms with Crippen LogP contribution in [-0.4, -0.2) is 48.9 Å². The Morgan fingerprint density at radius 3 is 2.62 bits per heavy atom. The van der Waals surface area contributed by atoms with E-state index in [2.05, 4.69) is 15.8 Å². The van der Waals surface area contributed by atoms with Gasteiger partial charge in [0.05, 0.1) is 12.0 Å². The topological polar surface area (TPSA) is 96.7 Å². The number of nitrogens with one attached hydrogen (secondary N) is 2. The number of oxazole rings is 1. The summed E-state index contributed by atoms with van der Waals surface area (Å²) in [6.07, 6.45) is 9.92.